The van der Waals surface area contributed by atoms with E-state index in [0.29, 0.717) is 12.1 Å². The molecule has 134 valence electrons. The molecule has 2 heterocycles. The van der Waals surface area contributed by atoms with Gasteiger partial charge in [0.2, 0.25) is 0 Å². The van der Waals surface area contributed by atoms with Gasteiger partial charge in [0.05, 0.1) is 17.1 Å². The largest absolute Gasteiger partial charge is 0.480 e. The minimum atomic E-state index is -0.708. The van der Waals surface area contributed by atoms with Crippen LogP contribution in [0.2, 0.25) is 0 Å². The van der Waals surface area contributed by atoms with Crippen molar-refractivity contribution in [3.05, 3.63) is 28.6 Å². The lowest BCUT2D eigenvalue weighted by Gasteiger charge is -2.43. The number of carboxylic acid groups (broad SMARTS) is 1. The summed E-state index contributed by atoms with van der Waals surface area (Å²) in [5, 5.41) is 18.0. The highest BCUT2D eigenvalue weighted by Gasteiger charge is 2.36. The Morgan fingerprint density at radius 3 is 2.88 bits per heavy atom. The molecular formula is C18H23N3O2S2. The molecule has 0 radical (unpaired) electrons. The van der Waals surface area contributed by atoms with Crippen LogP contribution >= 0.6 is 22.7 Å². The fourth-order valence-corrected chi connectivity index (χ4v) is 4.99. The summed E-state index contributed by atoms with van der Waals surface area (Å²) in [6, 6.07) is 5.06. The minimum Gasteiger partial charge on any atom is -0.480 e. The molecule has 7 heteroatoms. The van der Waals surface area contributed by atoms with E-state index in [0.717, 1.165) is 42.6 Å². The number of rotatable bonds is 9. The Morgan fingerprint density at radius 1 is 1.36 bits per heavy atom. The molecule has 2 aromatic heterocycles. The van der Waals surface area contributed by atoms with E-state index in [1.807, 2.05) is 0 Å². The van der Waals surface area contributed by atoms with Crippen LogP contribution in [0.4, 0.5) is 0 Å². The summed E-state index contributed by atoms with van der Waals surface area (Å²) in [4.78, 5) is 19.2. The number of hydrogen-bond acceptors (Lipinski definition) is 6. The third-order valence-corrected chi connectivity index (χ3v) is 6.94. The third kappa shape index (κ3) is 4.47. The lowest BCUT2D eigenvalue weighted by atomic mass is 9.85. The summed E-state index contributed by atoms with van der Waals surface area (Å²) in [5.74, 6) is 0.0256. The topological polar surface area (TPSA) is 65.5 Å². The van der Waals surface area contributed by atoms with Crippen molar-refractivity contribution in [1.29, 1.82) is 0 Å². The van der Waals surface area contributed by atoms with Gasteiger partial charge in [-0.1, -0.05) is 6.07 Å². The van der Waals surface area contributed by atoms with Gasteiger partial charge in [-0.2, -0.15) is 0 Å². The van der Waals surface area contributed by atoms with E-state index < -0.39 is 5.97 Å². The predicted octanol–water partition coefficient (Wildman–Crippen LogP) is 3.29. The monoisotopic (exact) mass is 377 g/mol. The van der Waals surface area contributed by atoms with E-state index in [2.05, 4.69) is 33.1 Å². The van der Waals surface area contributed by atoms with Crippen molar-refractivity contribution in [2.75, 3.05) is 13.1 Å². The zero-order valence-corrected chi connectivity index (χ0v) is 15.7. The number of thiazole rings is 1. The smallest absolute Gasteiger partial charge is 0.317 e. The fourth-order valence-electron chi connectivity index (χ4n) is 3.35. The summed E-state index contributed by atoms with van der Waals surface area (Å²) in [7, 11) is 0. The quantitative estimate of drug-likeness (QED) is 0.702. The molecule has 0 bridgehead atoms. The van der Waals surface area contributed by atoms with Gasteiger partial charge < -0.3 is 10.4 Å². The van der Waals surface area contributed by atoms with Crippen molar-refractivity contribution in [2.45, 2.75) is 44.3 Å². The average Bonchev–Trinajstić information content (AvgIpc) is 3.01. The molecule has 2 aliphatic carbocycles. The Bertz CT molecular complexity index is 706. The van der Waals surface area contributed by atoms with E-state index in [-0.39, 0.29) is 6.54 Å². The highest BCUT2D eigenvalue weighted by Crippen LogP contribution is 2.34. The summed E-state index contributed by atoms with van der Waals surface area (Å²) in [6.07, 6.45) is 4.62. The SMILES string of the molecule is O=C(O)CN(CC1CC1)C1CC(NCc2csc(-c3cccs3)n2)C1. The van der Waals surface area contributed by atoms with Crippen molar-refractivity contribution >= 4 is 28.6 Å². The minimum absolute atomic E-state index is 0.185. The van der Waals surface area contributed by atoms with Crippen LogP contribution in [-0.2, 0) is 11.3 Å². The van der Waals surface area contributed by atoms with Gasteiger partial charge in [-0.05, 0) is 43.0 Å². The molecule has 4 rings (SSSR count). The Balaban J connectivity index is 1.23. The van der Waals surface area contributed by atoms with Crippen molar-refractivity contribution < 1.29 is 9.90 Å². The maximum absolute atomic E-state index is 11.1. The summed E-state index contributed by atoms with van der Waals surface area (Å²) in [5.41, 5.74) is 1.09. The highest BCUT2D eigenvalue weighted by molar-refractivity contribution is 7.20. The van der Waals surface area contributed by atoms with Crippen molar-refractivity contribution in [3.63, 3.8) is 0 Å². The van der Waals surface area contributed by atoms with E-state index in [9.17, 15) is 4.79 Å². The number of nitrogens with zero attached hydrogens (tertiary/aromatic N) is 2. The van der Waals surface area contributed by atoms with Gasteiger partial charge in [-0.25, -0.2) is 4.98 Å². The first-order chi connectivity index (χ1) is 12.2. The van der Waals surface area contributed by atoms with Crippen LogP contribution in [0.15, 0.2) is 22.9 Å². The summed E-state index contributed by atoms with van der Waals surface area (Å²) < 4.78 is 0. The number of aromatic nitrogens is 1. The van der Waals surface area contributed by atoms with Gasteiger partial charge >= 0.3 is 5.97 Å². The molecule has 2 saturated carbocycles. The zero-order chi connectivity index (χ0) is 17.2. The average molecular weight is 378 g/mol. The van der Waals surface area contributed by atoms with Crippen molar-refractivity contribution in [2.24, 2.45) is 5.92 Å². The molecule has 0 amide bonds. The van der Waals surface area contributed by atoms with Gasteiger partial charge in [0.15, 0.2) is 0 Å². The standard InChI is InChI=1S/C18H23N3O2S2/c22-17(23)10-21(9-12-3-4-12)15-6-13(7-15)19-8-14-11-25-18(20-14)16-2-1-5-24-16/h1-2,5,11-13,15,19H,3-4,6-10H2,(H,22,23). The second-order valence-electron chi connectivity index (χ2n) is 7.09. The van der Waals surface area contributed by atoms with Crippen LogP contribution in [0, 0.1) is 5.92 Å². The zero-order valence-electron chi connectivity index (χ0n) is 14.1. The number of carboxylic acids is 1. The first-order valence-electron chi connectivity index (χ1n) is 8.85. The highest BCUT2D eigenvalue weighted by atomic mass is 32.1. The third-order valence-electron chi connectivity index (χ3n) is 5.01. The van der Waals surface area contributed by atoms with Crippen LogP contribution in [0.1, 0.15) is 31.4 Å². The van der Waals surface area contributed by atoms with Gasteiger partial charge in [0.25, 0.3) is 0 Å². The maximum atomic E-state index is 11.1. The van der Waals surface area contributed by atoms with Crippen LogP contribution in [0.5, 0.6) is 0 Å². The Hall–Kier alpha value is -1.28. The normalized spacial score (nSPS) is 22.9. The molecule has 2 fully saturated rings. The van der Waals surface area contributed by atoms with E-state index >= 15 is 0 Å². The Morgan fingerprint density at radius 2 is 2.20 bits per heavy atom. The molecule has 2 aliphatic rings. The van der Waals surface area contributed by atoms with Gasteiger partial charge in [0.1, 0.15) is 5.01 Å². The van der Waals surface area contributed by atoms with E-state index in [1.54, 1.807) is 22.7 Å². The lowest BCUT2D eigenvalue weighted by molar-refractivity contribution is -0.139. The molecule has 25 heavy (non-hydrogen) atoms. The maximum Gasteiger partial charge on any atom is 0.317 e. The van der Waals surface area contributed by atoms with Crippen LogP contribution < -0.4 is 5.32 Å². The molecule has 2 N–H and O–H groups in total. The molecule has 0 unspecified atom stereocenters. The second-order valence-corrected chi connectivity index (χ2v) is 8.90. The molecule has 2 aromatic rings. The predicted molar refractivity (Wildman–Crippen MR) is 101 cm³/mol. The van der Waals surface area contributed by atoms with Crippen LogP contribution in [0.25, 0.3) is 9.88 Å². The van der Waals surface area contributed by atoms with Crippen LogP contribution in [-0.4, -0.2) is 46.1 Å². The Kier molecular flexibility index (Phi) is 5.17. The van der Waals surface area contributed by atoms with Gasteiger partial charge in [-0.3, -0.25) is 9.69 Å². The summed E-state index contributed by atoms with van der Waals surface area (Å²) in [6.45, 7) is 1.94. The first-order valence-corrected chi connectivity index (χ1v) is 10.6. The lowest BCUT2D eigenvalue weighted by Crippen LogP contribution is -2.54. The molecule has 0 spiro atoms. The van der Waals surface area contributed by atoms with Crippen molar-refractivity contribution in [1.82, 2.24) is 15.2 Å². The second kappa shape index (κ2) is 7.53. The molecular weight excluding hydrogens is 354 g/mol. The van der Waals surface area contributed by atoms with E-state index in [4.69, 9.17) is 10.1 Å². The first kappa shape index (κ1) is 17.1. The summed E-state index contributed by atoms with van der Waals surface area (Å²) >= 11 is 3.42. The molecule has 0 aromatic carbocycles. The van der Waals surface area contributed by atoms with E-state index in [1.165, 1.54) is 17.7 Å². The number of hydrogen-bond donors (Lipinski definition) is 2. The molecule has 0 aliphatic heterocycles. The fraction of sp³-hybridized carbons (Fsp3) is 0.556. The Labute approximate surface area is 155 Å². The van der Waals surface area contributed by atoms with Gasteiger partial charge in [0, 0.05) is 30.6 Å². The number of thiophene rings is 1. The molecule has 0 atom stereocenters. The molecule has 5 nitrogen and oxygen atoms in total. The van der Waals surface area contributed by atoms with Crippen molar-refractivity contribution in [3.8, 4) is 9.88 Å². The number of aliphatic carboxylic acids is 1. The number of nitrogens with one attached hydrogen (secondary N) is 1. The van der Waals surface area contributed by atoms with Gasteiger partial charge in [-0.15, -0.1) is 22.7 Å². The molecule has 0 saturated heterocycles. The van der Waals surface area contributed by atoms with Crippen LogP contribution in [0.3, 0.4) is 0 Å². The number of carbonyl (C=O) groups is 1.